The fourth-order valence-corrected chi connectivity index (χ4v) is 4.82. The number of phosphoric acid groups is 1. The van der Waals surface area contributed by atoms with Gasteiger partial charge in [0.05, 0.1) is 6.61 Å². The van der Waals surface area contributed by atoms with Crippen molar-refractivity contribution in [3.63, 3.8) is 0 Å². The average molecular weight is 707 g/mol. The lowest BCUT2D eigenvalue weighted by atomic mass is 10.1. The first-order chi connectivity index (χ1) is 23.7. The van der Waals surface area contributed by atoms with Crippen LogP contribution in [0.3, 0.4) is 0 Å². The van der Waals surface area contributed by atoms with Gasteiger partial charge in [0.25, 0.3) is 0 Å². The molecule has 0 aromatic carbocycles. The van der Waals surface area contributed by atoms with Gasteiger partial charge in [0.15, 0.2) is 11.9 Å². The standard InChI is InChI=1S/C39H63O9P/c1-3-5-7-8-9-10-11-12-13-14-15-18-21-24-28-32-38(41)46-34-37(35-47-49(43,44)45)48-39(42)33-29-25-22-19-16-17-20-23-27-31-36(40)30-26-6-4-2/h5,7,9-10,12-13,15,18,20,23,27,31,37H,3-4,6,8,11,14,16-17,19,21-22,24-26,28-30,32-35H2,1-2H3,(H2,43,44,45)/b7-5-,10-9-,13-12-,18-15-,23-20-,31-27+/t37-/m1/s1. The summed E-state index contributed by atoms with van der Waals surface area (Å²) in [6, 6.07) is 0. The Morgan fingerprint density at radius 2 is 1.16 bits per heavy atom. The van der Waals surface area contributed by atoms with Crippen molar-refractivity contribution in [2.24, 2.45) is 0 Å². The highest BCUT2D eigenvalue weighted by molar-refractivity contribution is 7.46. The van der Waals surface area contributed by atoms with Gasteiger partial charge in [-0.3, -0.25) is 18.9 Å². The van der Waals surface area contributed by atoms with E-state index in [1.807, 2.05) is 12.2 Å². The Hall–Kier alpha value is -2.84. The quantitative estimate of drug-likeness (QED) is 0.0175. The second kappa shape index (κ2) is 33.6. The van der Waals surface area contributed by atoms with Crippen molar-refractivity contribution < 1.29 is 42.7 Å². The van der Waals surface area contributed by atoms with Crippen molar-refractivity contribution in [2.75, 3.05) is 13.2 Å². The molecule has 0 aliphatic rings. The van der Waals surface area contributed by atoms with Gasteiger partial charge < -0.3 is 19.3 Å². The van der Waals surface area contributed by atoms with Gasteiger partial charge in [-0.05, 0) is 76.7 Å². The predicted molar refractivity (Wildman–Crippen MR) is 198 cm³/mol. The number of rotatable bonds is 32. The molecule has 0 bridgehead atoms. The average Bonchev–Trinajstić information content (AvgIpc) is 3.06. The summed E-state index contributed by atoms with van der Waals surface area (Å²) in [5, 5.41) is 0. The van der Waals surface area contributed by atoms with E-state index >= 15 is 0 Å². The van der Waals surface area contributed by atoms with E-state index in [4.69, 9.17) is 19.3 Å². The zero-order valence-electron chi connectivity index (χ0n) is 30.1. The first-order valence-electron chi connectivity index (χ1n) is 18.2. The van der Waals surface area contributed by atoms with Crippen molar-refractivity contribution in [1.29, 1.82) is 0 Å². The normalized spacial score (nSPS) is 13.2. The van der Waals surface area contributed by atoms with Gasteiger partial charge in [-0.1, -0.05) is 113 Å². The number of phosphoric ester groups is 1. The van der Waals surface area contributed by atoms with Crippen LogP contribution in [0, 0.1) is 0 Å². The SMILES string of the molecule is CC/C=C\C/C=C\C/C=C\C/C=C\CCCCC(=O)OC[C@H](COP(=O)(O)O)OC(=O)CCCCCCC/C=C\C=C\C(=O)CCCCC. The van der Waals surface area contributed by atoms with Crippen LogP contribution in [-0.2, 0) is 32.9 Å². The highest BCUT2D eigenvalue weighted by Gasteiger charge is 2.22. The Bertz CT molecular complexity index is 1080. The summed E-state index contributed by atoms with van der Waals surface area (Å²) in [7, 11) is -4.78. The van der Waals surface area contributed by atoms with Crippen LogP contribution in [0.1, 0.15) is 136 Å². The van der Waals surface area contributed by atoms with Crippen molar-refractivity contribution in [3.05, 3.63) is 72.9 Å². The minimum Gasteiger partial charge on any atom is -0.462 e. The topological polar surface area (TPSA) is 136 Å². The van der Waals surface area contributed by atoms with Gasteiger partial charge in [0, 0.05) is 19.3 Å². The molecule has 9 nitrogen and oxygen atoms in total. The molecule has 0 aliphatic heterocycles. The Labute approximate surface area is 295 Å². The van der Waals surface area contributed by atoms with E-state index < -0.39 is 32.5 Å². The number of hydrogen-bond donors (Lipinski definition) is 2. The highest BCUT2D eigenvalue weighted by atomic mass is 31.2. The molecular weight excluding hydrogens is 643 g/mol. The molecule has 1 atom stereocenters. The van der Waals surface area contributed by atoms with Crippen molar-refractivity contribution in [2.45, 2.75) is 142 Å². The van der Waals surface area contributed by atoms with Crippen LogP contribution < -0.4 is 0 Å². The lowest BCUT2D eigenvalue weighted by Crippen LogP contribution is -2.29. The van der Waals surface area contributed by atoms with Gasteiger partial charge in [0.2, 0.25) is 0 Å². The summed E-state index contributed by atoms with van der Waals surface area (Å²) in [6.45, 7) is 3.32. The minimum absolute atomic E-state index is 0.147. The zero-order chi connectivity index (χ0) is 36.3. The second-order valence-corrected chi connectivity index (χ2v) is 13.1. The molecule has 0 aromatic heterocycles. The van der Waals surface area contributed by atoms with Crippen molar-refractivity contribution in [1.82, 2.24) is 0 Å². The van der Waals surface area contributed by atoms with E-state index in [0.29, 0.717) is 19.3 Å². The summed E-state index contributed by atoms with van der Waals surface area (Å²) in [4.78, 5) is 54.3. The number of ether oxygens (including phenoxy) is 2. The first-order valence-corrected chi connectivity index (χ1v) is 19.7. The Morgan fingerprint density at radius 3 is 1.84 bits per heavy atom. The van der Waals surface area contributed by atoms with Crippen LogP contribution in [0.25, 0.3) is 0 Å². The molecule has 0 fully saturated rings. The van der Waals surface area contributed by atoms with Crippen LogP contribution in [0.5, 0.6) is 0 Å². The molecular formula is C39H63O9P. The number of carbonyl (C=O) groups is 3. The zero-order valence-corrected chi connectivity index (χ0v) is 30.9. The summed E-state index contributed by atoms with van der Waals surface area (Å²) < 4.78 is 26.2. The molecule has 0 spiro atoms. The maximum Gasteiger partial charge on any atom is 0.469 e. The maximum atomic E-state index is 12.3. The Morgan fingerprint density at radius 1 is 0.612 bits per heavy atom. The Balaban J connectivity index is 4.15. The van der Waals surface area contributed by atoms with E-state index in [0.717, 1.165) is 89.9 Å². The molecule has 0 unspecified atom stereocenters. The van der Waals surface area contributed by atoms with Crippen LogP contribution in [0.2, 0.25) is 0 Å². The van der Waals surface area contributed by atoms with Crippen LogP contribution in [0.4, 0.5) is 0 Å². The first kappa shape index (κ1) is 46.2. The lowest BCUT2D eigenvalue weighted by molar-refractivity contribution is -0.161. The van der Waals surface area contributed by atoms with E-state index in [-0.39, 0.29) is 25.2 Å². The van der Waals surface area contributed by atoms with E-state index in [2.05, 4.69) is 67.0 Å². The molecule has 278 valence electrons. The van der Waals surface area contributed by atoms with Gasteiger partial charge in [-0.2, -0.15) is 0 Å². The molecule has 2 N–H and O–H groups in total. The molecule has 0 amide bonds. The fourth-order valence-electron chi connectivity index (χ4n) is 4.46. The molecule has 0 saturated heterocycles. The summed E-state index contributed by atoms with van der Waals surface area (Å²) >= 11 is 0. The minimum atomic E-state index is -4.78. The number of hydrogen-bond acceptors (Lipinski definition) is 7. The molecule has 0 aromatic rings. The summed E-state index contributed by atoms with van der Waals surface area (Å²) in [5.41, 5.74) is 0. The Kier molecular flexibility index (Phi) is 31.7. The molecule has 0 heterocycles. The third kappa shape index (κ3) is 36.3. The van der Waals surface area contributed by atoms with Crippen molar-refractivity contribution >= 4 is 25.5 Å². The molecule has 0 rings (SSSR count). The number of esters is 2. The predicted octanol–water partition coefficient (Wildman–Crippen LogP) is 9.91. The highest BCUT2D eigenvalue weighted by Crippen LogP contribution is 2.35. The molecule has 49 heavy (non-hydrogen) atoms. The van der Waals surface area contributed by atoms with E-state index in [9.17, 15) is 18.9 Å². The third-order valence-corrected chi connectivity index (χ3v) is 7.67. The number of unbranched alkanes of at least 4 members (excludes halogenated alkanes) is 9. The third-order valence-electron chi connectivity index (χ3n) is 7.19. The van der Waals surface area contributed by atoms with Gasteiger partial charge in [0.1, 0.15) is 6.61 Å². The largest absolute Gasteiger partial charge is 0.469 e. The number of carbonyl (C=O) groups excluding carboxylic acids is 3. The summed E-state index contributed by atoms with van der Waals surface area (Å²) in [5.74, 6) is -0.838. The van der Waals surface area contributed by atoms with E-state index in [1.165, 1.54) is 0 Å². The number of allylic oxidation sites excluding steroid dienone is 12. The van der Waals surface area contributed by atoms with Gasteiger partial charge in [-0.25, -0.2) is 4.57 Å². The van der Waals surface area contributed by atoms with Crippen LogP contribution >= 0.6 is 7.82 Å². The van der Waals surface area contributed by atoms with E-state index in [1.54, 1.807) is 12.2 Å². The molecule has 10 heteroatoms. The molecule has 0 saturated carbocycles. The lowest BCUT2D eigenvalue weighted by Gasteiger charge is -2.18. The second-order valence-electron chi connectivity index (χ2n) is 11.8. The fraction of sp³-hybridized carbons (Fsp3) is 0.615. The summed E-state index contributed by atoms with van der Waals surface area (Å²) in [6.07, 6.45) is 38.9. The van der Waals surface area contributed by atoms with Gasteiger partial charge in [-0.15, -0.1) is 0 Å². The molecule has 0 radical (unpaired) electrons. The van der Waals surface area contributed by atoms with Crippen molar-refractivity contribution in [3.8, 4) is 0 Å². The monoisotopic (exact) mass is 706 g/mol. The smallest absolute Gasteiger partial charge is 0.462 e. The number of ketones is 1. The van der Waals surface area contributed by atoms with Gasteiger partial charge >= 0.3 is 19.8 Å². The van der Waals surface area contributed by atoms with Crippen LogP contribution in [-0.4, -0.2) is 46.8 Å². The van der Waals surface area contributed by atoms with Crippen LogP contribution in [0.15, 0.2) is 72.9 Å². The molecule has 0 aliphatic carbocycles. The maximum absolute atomic E-state index is 12.3.